The number of hydrogen-bond acceptors (Lipinski definition) is 6. The van der Waals surface area contributed by atoms with Gasteiger partial charge in [-0.2, -0.15) is 0 Å². The normalized spacial score (nSPS) is 10.9. The average Bonchev–Trinajstić information content (AvgIpc) is 3.17. The van der Waals surface area contributed by atoms with Crippen LogP contribution in [0.4, 0.5) is 0 Å². The summed E-state index contributed by atoms with van der Waals surface area (Å²) in [6, 6.07) is 0. The fourth-order valence-electron chi connectivity index (χ4n) is 1.98. The van der Waals surface area contributed by atoms with E-state index in [1.807, 2.05) is 13.1 Å². The number of nitrogens with zero attached hydrogens (tertiary/aromatic N) is 3. The number of hydrogen-bond donors (Lipinski definition) is 3. The fourth-order valence-corrected chi connectivity index (χ4v) is 3.49. The summed E-state index contributed by atoms with van der Waals surface area (Å²) < 4.78 is 0. The third-order valence-corrected chi connectivity index (χ3v) is 5.08. The lowest BCUT2D eigenvalue weighted by atomic mass is 10.4. The number of carbonyl (C=O) groups is 1. The molecule has 0 fully saturated rings. The van der Waals surface area contributed by atoms with E-state index < -0.39 is 0 Å². The average molecular weight is 494 g/mol. The van der Waals surface area contributed by atoms with Crippen molar-refractivity contribution in [3.63, 3.8) is 0 Å². The Bertz CT molecular complexity index is 700. The Morgan fingerprint density at radius 3 is 2.48 bits per heavy atom. The number of thiazole rings is 2. The molecular weight excluding hydrogens is 471 g/mol. The molecule has 0 aliphatic heterocycles. The molecule has 3 N–H and O–H groups in total. The number of halogens is 1. The van der Waals surface area contributed by atoms with E-state index in [1.54, 1.807) is 23.9 Å². The van der Waals surface area contributed by atoms with Gasteiger partial charge in [0.15, 0.2) is 5.96 Å². The fraction of sp³-hybridized carbons (Fsp3) is 0.467. The van der Waals surface area contributed by atoms with E-state index in [2.05, 4.69) is 37.8 Å². The maximum absolute atomic E-state index is 12.0. The van der Waals surface area contributed by atoms with Gasteiger partial charge in [0, 0.05) is 44.2 Å². The number of aliphatic imine (C=N–C) groups is 1. The molecule has 2 aromatic heterocycles. The lowest BCUT2D eigenvalue weighted by molar-refractivity contribution is 0.0957. The summed E-state index contributed by atoms with van der Waals surface area (Å²) >= 11 is 3.06. The summed E-state index contributed by atoms with van der Waals surface area (Å²) in [5.74, 6) is 0.630. The second-order valence-electron chi connectivity index (χ2n) is 5.06. The Kier molecular flexibility index (Phi) is 9.90. The number of aromatic nitrogens is 2. The van der Waals surface area contributed by atoms with E-state index >= 15 is 0 Å². The van der Waals surface area contributed by atoms with E-state index in [-0.39, 0.29) is 29.9 Å². The standard InChI is InChI=1S/C15H22N6OS2.HI/c1-10-8-20-12(24-10)4-5-18-15(16-3)19-7-6-17-14(22)13-11(2)21-9-23-13;/h8-9H,4-7H2,1-3H3,(H,17,22)(H2,16,18,19);1H. The predicted molar refractivity (Wildman–Crippen MR) is 115 cm³/mol. The summed E-state index contributed by atoms with van der Waals surface area (Å²) in [5.41, 5.74) is 2.44. The number of aryl methyl sites for hydroxylation is 2. The lowest BCUT2D eigenvalue weighted by Crippen LogP contribution is -2.42. The summed E-state index contributed by atoms with van der Waals surface area (Å²) in [6.45, 7) is 5.76. The SMILES string of the molecule is CN=C(NCCNC(=O)c1scnc1C)NCCc1ncc(C)s1.I. The van der Waals surface area contributed by atoms with Gasteiger partial charge in [0.25, 0.3) is 5.91 Å². The molecule has 0 saturated heterocycles. The van der Waals surface area contributed by atoms with Gasteiger partial charge in [-0.15, -0.1) is 46.7 Å². The first-order chi connectivity index (χ1) is 11.6. The van der Waals surface area contributed by atoms with Crippen LogP contribution in [0.3, 0.4) is 0 Å². The van der Waals surface area contributed by atoms with Gasteiger partial charge >= 0.3 is 0 Å². The van der Waals surface area contributed by atoms with Gasteiger partial charge in [-0.3, -0.25) is 9.79 Å². The molecule has 138 valence electrons. The molecule has 1 amide bonds. The number of amides is 1. The smallest absolute Gasteiger partial charge is 0.263 e. The van der Waals surface area contributed by atoms with Crippen LogP contribution in [0.15, 0.2) is 16.7 Å². The van der Waals surface area contributed by atoms with Crippen molar-refractivity contribution in [3.05, 3.63) is 32.2 Å². The van der Waals surface area contributed by atoms with Gasteiger partial charge in [-0.25, -0.2) is 9.97 Å². The van der Waals surface area contributed by atoms with Crippen LogP contribution in [0.5, 0.6) is 0 Å². The number of guanidine groups is 1. The molecule has 0 bridgehead atoms. The van der Waals surface area contributed by atoms with Crippen LogP contribution in [-0.4, -0.2) is 48.5 Å². The Morgan fingerprint density at radius 1 is 1.16 bits per heavy atom. The van der Waals surface area contributed by atoms with Gasteiger partial charge in [0.1, 0.15) is 4.88 Å². The summed E-state index contributed by atoms with van der Waals surface area (Å²) in [6.07, 6.45) is 2.75. The molecule has 2 rings (SSSR count). The van der Waals surface area contributed by atoms with Gasteiger partial charge in [-0.05, 0) is 13.8 Å². The first-order valence-electron chi connectivity index (χ1n) is 7.64. The Balaban J connectivity index is 0.00000312. The van der Waals surface area contributed by atoms with Gasteiger partial charge in [0.05, 0.1) is 16.2 Å². The van der Waals surface area contributed by atoms with Crippen LogP contribution >= 0.6 is 46.7 Å². The van der Waals surface area contributed by atoms with Crippen LogP contribution in [0, 0.1) is 13.8 Å². The third-order valence-electron chi connectivity index (χ3n) is 3.18. The first kappa shape index (κ1) is 21.8. The molecule has 0 radical (unpaired) electrons. The molecule has 10 heteroatoms. The van der Waals surface area contributed by atoms with Crippen LogP contribution in [0.2, 0.25) is 0 Å². The maximum Gasteiger partial charge on any atom is 0.263 e. The van der Waals surface area contributed by atoms with Crippen molar-refractivity contribution in [3.8, 4) is 0 Å². The highest BCUT2D eigenvalue weighted by molar-refractivity contribution is 14.0. The molecular formula is C15H23IN6OS2. The minimum Gasteiger partial charge on any atom is -0.356 e. The Morgan fingerprint density at radius 2 is 1.88 bits per heavy atom. The Hall–Kier alpha value is -1.27. The van der Waals surface area contributed by atoms with Crippen molar-refractivity contribution >= 4 is 58.5 Å². The predicted octanol–water partition coefficient (Wildman–Crippen LogP) is 1.97. The molecule has 2 heterocycles. The molecule has 0 aliphatic carbocycles. The highest BCUT2D eigenvalue weighted by atomic mass is 127. The van der Waals surface area contributed by atoms with E-state index in [0.29, 0.717) is 23.9 Å². The van der Waals surface area contributed by atoms with Crippen LogP contribution < -0.4 is 16.0 Å². The molecule has 0 aliphatic rings. The first-order valence-corrected chi connectivity index (χ1v) is 9.34. The zero-order chi connectivity index (χ0) is 17.4. The highest BCUT2D eigenvalue weighted by Gasteiger charge is 2.10. The number of nitrogens with one attached hydrogen (secondary N) is 3. The van der Waals surface area contributed by atoms with Crippen molar-refractivity contribution in [1.82, 2.24) is 25.9 Å². The second-order valence-corrected chi connectivity index (χ2v) is 7.24. The van der Waals surface area contributed by atoms with Gasteiger partial charge < -0.3 is 16.0 Å². The van der Waals surface area contributed by atoms with Crippen molar-refractivity contribution in [2.45, 2.75) is 20.3 Å². The molecule has 7 nitrogen and oxygen atoms in total. The van der Waals surface area contributed by atoms with Gasteiger partial charge in [0.2, 0.25) is 0 Å². The van der Waals surface area contributed by atoms with Crippen LogP contribution in [0.25, 0.3) is 0 Å². The quantitative estimate of drug-likeness (QED) is 0.237. The highest BCUT2D eigenvalue weighted by Crippen LogP contribution is 2.11. The van der Waals surface area contributed by atoms with Crippen LogP contribution in [-0.2, 0) is 6.42 Å². The van der Waals surface area contributed by atoms with Crippen molar-refractivity contribution < 1.29 is 4.79 Å². The largest absolute Gasteiger partial charge is 0.356 e. The monoisotopic (exact) mass is 494 g/mol. The molecule has 2 aromatic rings. The summed E-state index contributed by atoms with van der Waals surface area (Å²) in [5, 5.41) is 10.4. The van der Waals surface area contributed by atoms with E-state index in [1.165, 1.54) is 16.2 Å². The molecule has 0 atom stereocenters. The topological polar surface area (TPSA) is 91.3 Å². The number of carbonyl (C=O) groups excluding carboxylic acids is 1. The van der Waals surface area contributed by atoms with Crippen molar-refractivity contribution in [2.75, 3.05) is 26.7 Å². The van der Waals surface area contributed by atoms with Crippen molar-refractivity contribution in [2.24, 2.45) is 4.99 Å². The van der Waals surface area contributed by atoms with E-state index in [9.17, 15) is 4.79 Å². The van der Waals surface area contributed by atoms with Gasteiger partial charge in [-0.1, -0.05) is 0 Å². The molecule has 0 unspecified atom stereocenters. The minimum absolute atomic E-state index is 0. The maximum atomic E-state index is 12.0. The molecule has 0 spiro atoms. The van der Waals surface area contributed by atoms with Crippen molar-refractivity contribution in [1.29, 1.82) is 0 Å². The lowest BCUT2D eigenvalue weighted by Gasteiger charge is -2.11. The van der Waals surface area contributed by atoms with Crippen LogP contribution in [0.1, 0.15) is 25.3 Å². The van der Waals surface area contributed by atoms with E-state index in [0.717, 1.165) is 23.7 Å². The second kappa shape index (κ2) is 11.4. The third kappa shape index (κ3) is 7.24. The zero-order valence-corrected chi connectivity index (χ0v) is 18.4. The molecule has 0 aromatic carbocycles. The number of rotatable bonds is 7. The van der Waals surface area contributed by atoms with E-state index in [4.69, 9.17) is 0 Å². The molecule has 25 heavy (non-hydrogen) atoms. The zero-order valence-electron chi connectivity index (χ0n) is 14.5. The molecule has 0 saturated carbocycles. The minimum atomic E-state index is -0.0844. The summed E-state index contributed by atoms with van der Waals surface area (Å²) in [4.78, 5) is 26.4. The Labute approximate surface area is 172 Å². The summed E-state index contributed by atoms with van der Waals surface area (Å²) in [7, 11) is 1.72.